The Kier molecular flexibility index (Phi) is 5.22. The van der Waals surface area contributed by atoms with E-state index < -0.39 is 27.8 Å². The van der Waals surface area contributed by atoms with Crippen LogP contribution < -0.4 is 5.32 Å². The van der Waals surface area contributed by atoms with E-state index >= 15 is 0 Å². The summed E-state index contributed by atoms with van der Waals surface area (Å²) in [6, 6.07) is 15.2. The lowest BCUT2D eigenvalue weighted by atomic mass is 10.2. The number of benzene rings is 2. The third-order valence-electron chi connectivity index (χ3n) is 3.05. The highest BCUT2D eigenvalue weighted by atomic mass is 32.2. The standard InChI is InChI=1S/C16H16FNO2S/c1-12(21(20)11-13-7-3-2-4-8-13)16(19)18-15-10-6-5-9-14(15)17/h2-10,12H,11H2,1H3,(H,18,19)/t12-,21-/m1/s1. The van der Waals surface area contributed by atoms with Crippen LogP contribution in [-0.4, -0.2) is 15.4 Å². The molecule has 2 rings (SSSR count). The average Bonchev–Trinajstić information content (AvgIpc) is 2.49. The molecule has 1 amide bonds. The zero-order valence-corrected chi connectivity index (χ0v) is 12.4. The van der Waals surface area contributed by atoms with Crippen LogP contribution in [0, 0.1) is 5.82 Å². The number of carbonyl (C=O) groups is 1. The lowest BCUT2D eigenvalue weighted by molar-refractivity contribution is -0.115. The van der Waals surface area contributed by atoms with Crippen LogP contribution in [-0.2, 0) is 21.3 Å². The molecule has 0 saturated heterocycles. The second-order valence-electron chi connectivity index (χ2n) is 4.62. The van der Waals surface area contributed by atoms with Crippen LogP contribution in [0.3, 0.4) is 0 Å². The van der Waals surface area contributed by atoms with Crippen LogP contribution in [0.4, 0.5) is 10.1 Å². The molecule has 3 nitrogen and oxygen atoms in total. The van der Waals surface area contributed by atoms with Gasteiger partial charge in [0.15, 0.2) is 0 Å². The minimum Gasteiger partial charge on any atom is -0.323 e. The molecule has 2 aromatic carbocycles. The van der Waals surface area contributed by atoms with Crippen LogP contribution in [0.1, 0.15) is 12.5 Å². The molecule has 0 unspecified atom stereocenters. The van der Waals surface area contributed by atoms with Gasteiger partial charge in [0.1, 0.15) is 11.1 Å². The minimum absolute atomic E-state index is 0.103. The van der Waals surface area contributed by atoms with Crippen LogP contribution in [0.25, 0.3) is 0 Å². The smallest absolute Gasteiger partial charge is 0.239 e. The van der Waals surface area contributed by atoms with E-state index in [1.807, 2.05) is 30.3 Å². The summed E-state index contributed by atoms with van der Waals surface area (Å²) in [5, 5.41) is 1.75. The number of hydrogen-bond acceptors (Lipinski definition) is 2. The summed E-state index contributed by atoms with van der Waals surface area (Å²) >= 11 is 0. The predicted octanol–water partition coefficient (Wildman–Crippen LogP) is 3.10. The lowest BCUT2D eigenvalue weighted by Crippen LogP contribution is -2.30. The molecular formula is C16H16FNO2S. The van der Waals surface area contributed by atoms with Gasteiger partial charge in [0.2, 0.25) is 5.91 Å². The monoisotopic (exact) mass is 305 g/mol. The number of halogens is 1. The molecule has 1 N–H and O–H groups in total. The molecule has 0 aliphatic carbocycles. The van der Waals surface area contributed by atoms with Crippen LogP contribution >= 0.6 is 0 Å². The van der Waals surface area contributed by atoms with Crippen molar-refractivity contribution in [3.63, 3.8) is 0 Å². The normalized spacial score (nSPS) is 13.4. The first-order valence-corrected chi connectivity index (χ1v) is 7.92. The van der Waals surface area contributed by atoms with Crippen molar-refractivity contribution in [2.24, 2.45) is 0 Å². The van der Waals surface area contributed by atoms with Crippen molar-refractivity contribution in [2.45, 2.75) is 17.9 Å². The van der Waals surface area contributed by atoms with Gasteiger partial charge in [-0.25, -0.2) is 4.39 Å². The van der Waals surface area contributed by atoms with E-state index in [1.54, 1.807) is 19.1 Å². The molecule has 2 aromatic rings. The Balaban J connectivity index is 1.99. The summed E-state index contributed by atoms with van der Waals surface area (Å²) < 4.78 is 25.7. The van der Waals surface area contributed by atoms with Gasteiger partial charge in [-0.2, -0.15) is 0 Å². The Hall–Kier alpha value is -2.01. The molecule has 0 saturated carbocycles. The van der Waals surface area contributed by atoms with Gasteiger partial charge in [-0.1, -0.05) is 42.5 Å². The van der Waals surface area contributed by atoms with Crippen molar-refractivity contribution >= 4 is 22.4 Å². The first-order chi connectivity index (χ1) is 10.1. The zero-order valence-electron chi connectivity index (χ0n) is 11.6. The summed E-state index contributed by atoms with van der Waals surface area (Å²) in [7, 11) is -1.36. The number of hydrogen-bond donors (Lipinski definition) is 1. The molecule has 21 heavy (non-hydrogen) atoms. The zero-order chi connectivity index (χ0) is 15.2. The number of nitrogens with one attached hydrogen (secondary N) is 1. The number of amides is 1. The van der Waals surface area contributed by atoms with E-state index in [-0.39, 0.29) is 5.69 Å². The lowest BCUT2D eigenvalue weighted by Gasteiger charge is -2.12. The predicted molar refractivity (Wildman–Crippen MR) is 82.8 cm³/mol. The van der Waals surface area contributed by atoms with Gasteiger partial charge in [-0.3, -0.25) is 9.00 Å². The molecule has 2 atom stereocenters. The van der Waals surface area contributed by atoms with Gasteiger partial charge in [-0.05, 0) is 24.6 Å². The maximum atomic E-state index is 13.5. The second kappa shape index (κ2) is 7.13. The summed E-state index contributed by atoms with van der Waals surface area (Å²) in [6.07, 6.45) is 0. The molecule has 110 valence electrons. The fourth-order valence-electron chi connectivity index (χ4n) is 1.78. The quantitative estimate of drug-likeness (QED) is 0.922. The van der Waals surface area contributed by atoms with Gasteiger partial charge < -0.3 is 5.32 Å². The Bertz CT molecular complexity index is 646. The first-order valence-electron chi connectivity index (χ1n) is 6.54. The van der Waals surface area contributed by atoms with Gasteiger partial charge in [-0.15, -0.1) is 0 Å². The Morgan fingerprint density at radius 1 is 1.14 bits per heavy atom. The number of rotatable bonds is 5. The molecule has 0 radical (unpaired) electrons. The Labute approximate surface area is 125 Å². The summed E-state index contributed by atoms with van der Waals surface area (Å²) in [6.45, 7) is 1.58. The van der Waals surface area contributed by atoms with Gasteiger partial charge >= 0.3 is 0 Å². The molecule has 0 heterocycles. The number of carbonyl (C=O) groups excluding carboxylic acids is 1. The molecular weight excluding hydrogens is 289 g/mol. The molecule has 0 spiro atoms. The molecule has 0 fully saturated rings. The summed E-state index contributed by atoms with van der Waals surface area (Å²) in [4.78, 5) is 12.0. The van der Waals surface area contributed by atoms with Gasteiger partial charge in [0, 0.05) is 16.6 Å². The van der Waals surface area contributed by atoms with Crippen LogP contribution in [0.5, 0.6) is 0 Å². The maximum Gasteiger partial charge on any atom is 0.239 e. The van der Waals surface area contributed by atoms with Crippen LogP contribution in [0.2, 0.25) is 0 Å². The molecule has 0 bridgehead atoms. The van der Waals surface area contributed by atoms with E-state index in [1.165, 1.54) is 12.1 Å². The Morgan fingerprint density at radius 3 is 2.43 bits per heavy atom. The first kappa shape index (κ1) is 15.4. The van der Waals surface area contributed by atoms with Crippen molar-refractivity contribution in [2.75, 3.05) is 5.32 Å². The van der Waals surface area contributed by atoms with Crippen molar-refractivity contribution in [1.29, 1.82) is 0 Å². The van der Waals surface area contributed by atoms with E-state index in [9.17, 15) is 13.4 Å². The summed E-state index contributed by atoms with van der Waals surface area (Å²) in [5.41, 5.74) is 1.01. The topological polar surface area (TPSA) is 46.2 Å². The minimum atomic E-state index is -1.36. The highest BCUT2D eigenvalue weighted by Crippen LogP contribution is 2.14. The van der Waals surface area contributed by atoms with E-state index in [0.29, 0.717) is 5.75 Å². The fourth-order valence-corrected chi connectivity index (χ4v) is 2.85. The van der Waals surface area contributed by atoms with E-state index in [4.69, 9.17) is 0 Å². The third-order valence-corrected chi connectivity index (χ3v) is 4.67. The van der Waals surface area contributed by atoms with Crippen molar-refractivity contribution < 1.29 is 13.4 Å². The van der Waals surface area contributed by atoms with E-state index in [0.717, 1.165) is 5.56 Å². The third kappa shape index (κ3) is 4.23. The van der Waals surface area contributed by atoms with Crippen molar-refractivity contribution in [3.05, 3.63) is 66.0 Å². The van der Waals surface area contributed by atoms with Crippen molar-refractivity contribution in [1.82, 2.24) is 0 Å². The van der Waals surface area contributed by atoms with E-state index in [2.05, 4.69) is 5.32 Å². The van der Waals surface area contributed by atoms with Crippen molar-refractivity contribution in [3.8, 4) is 0 Å². The summed E-state index contributed by atoms with van der Waals surface area (Å²) in [5.74, 6) is -0.659. The maximum absolute atomic E-state index is 13.5. The average molecular weight is 305 g/mol. The highest BCUT2D eigenvalue weighted by Gasteiger charge is 2.21. The molecule has 0 aromatic heterocycles. The number of para-hydroxylation sites is 1. The van der Waals surface area contributed by atoms with Gasteiger partial charge in [0.05, 0.1) is 5.69 Å². The Morgan fingerprint density at radius 2 is 1.76 bits per heavy atom. The number of anilines is 1. The molecule has 5 heteroatoms. The van der Waals surface area contributed by atoms with Gasteiger partial charge in [0.25, 0.3) is 0 Å². The molecule has 0 aliphatic heterocycles. The SMILES string of the molecule is C[C@H](C(=O)Nc1ccccc1F)[S@](=O)Cc1ccccc1. The van der Waals surface area contributed by atoms with Crippen LogP contribution in [0.15, 0.2) is 54.6 Å². The second-order valence-corrected chi connectivity index (χ2v) is 6.38. The fraction of sp³-hybridized carbons (Fsp3) is 0.188. The highest BCUT2D eigenvalue weighted by molar-refractivity contribution is 7.85. The molecule has 0 aliphatic rings. The largest absolute Gasteiger partial charge is 0.323 e.